The Morgan fingerprint density at radius 2 is 2.04 bits per heavy atom. The molecule has 1 aromatic carbocycles. The zero-order valence-electron chi connectivity index (χ0n) is 13.4. The summed E-state index contributed by atoms with van der Waals surface area (Å²) in [6.07, 6.45) is -0.927. The average molecular weight is 356 g/mol. The molecule has 1 aliphatic carbocycles. The van der Waals surface area contributed by atoms with E-state index in [1.165, 1.54) is 18.2 Å². The molecule has 0 spiro atoms. The predicted molar refractivity (Wildman–Crippen MR) is 85.8 cm³/mol. The molecule has 2 atom stereocenters. The van der Waals surface area contributed by atoms with Gasteiger partial charge in [0.15, 0.2) is 0 Å². The van der Waals surface area contributed by atoms with Crippen molar-refractivity contribution in [2.24, 2.45) is 5.92 Å². The number of nitrogens with one attached hydrogen (secondary N) is 2. The second-order valence-corrected chi connectivity index (χ2v) is 5.84. The van der Waals surface area contributed by atoms with E-state index in [4.69, 9.17) is 0 Å². The van der Waals surface area contributed by atoms with Gasteiger partial charge in [0.25, 0.3) is 0 Å². The van der Waals surface area contributed by atoms with Crippen LogP contribution in [0.25, 0.3) is 0 Å². The largest absolute Gasteiger partial charge is 0.573 e. The number of amides is 2. The zero-order valence-corrected chi connectivity index (χ0v) is 13.4. The van der Waals surface area contributed by atoms with E-state index < -0.39 is 12.1 Å². The lowest BCUT2D eigenvalue weighted by atomic mass is 9.85. The van der Waals surface area contributed by atoms with Crippen molar-refractivity contribution in [3.8, 4) is 5.75 Å². The van der Waals surface area contributed by atoms with Crippen molar-refractivity contribution < 1.29 is 27.5 Å². The highest BCUT2D eigenvalue weighted by molar-refractivity contribution is 5.93. The molecule has 25 heavy (non-hydrogen) atoms. The molecule has 136 valence electrons. The molecule has 0 aromatic heterocycles. The minimum Gasteiger partial charge on any atom is -0.406 e. The summed E-state index contributed by atoms with van der Waals surface area (Å²) in [5, 5.41) is 5.38. The maximum absolute atomic E-state index is 12.4. The van der Waals surface area contributed by atoms with Gasteiger partial charge in [0, 0.05) is 23.7 Å². The molecule has 8 heteroatoms. The topological polar surface area (TPSA) is 67.4 Å². The van der Waals surface area contributed by atoms with Crippen LogP contribution in [-0.2, 0) is 9.59 Å². The molecule has 1 fully saturated rings. The molecular weight excluding hydrogens is 337 g/mol. The predicted octanol–water partition coefficient (Wildman–Crippen LogP) is 3.38. The molecule has 0 radical (unpaired) electrons. The quantitative estimate of drug-likeness (QED) is 0.795. The molecule has 2 N–H and O–H groups in total. The van der Waals surface area contributed by atoms with E-state index in [1.54, 1.807) is 0 Å². The van der Waals surface area contributed by atoms with Crippen molar-refractivity contribution in [2.45, 2.75) is 38.1 Å². The number of hydrogen-bond acceptors (Lipinski definition) is 3. The summed E-state index contributed by atoms with van der Waals surface area (Å²) >= 11 is 0. The highest BCUT2D eigenvalue weighted by atomic mass is 19.4. The Morgan fingerprint density at radius 3 is 2.72 bits per heavy atom. The number of ether oxygens (including phenoxy) is 1. The number of carbonyl (C=O) groups is 2. The van der Waals surface area contributed by atoms with Crippen molar-refractivity contribution in [2.75, 3.05) is 5.32 Å². The van der Waals surface area contributed by atoms with E-state index in [9.17, 15) is 22.8 Å². The molecule has 5 nitrogen and oxygen atoms in total. The third-order valence-electron chi connectivity index (χ3n) is 3.91. The minimum atomic E-state index is -4.79. The first-order valence-electron chi connectivity index (χ1n) is 7.86. The Hall–Kier alpha value is -2.51. The SMILES string of the molecule is C=CC(=O)N[C@@H]1CCC[C@H](C(=O)Nc2cccc(OC(F)(F)F)c2)C1. The van der Waals surface area contributed by atoms with Crippen LogP contribution < -0.4 is 15.4 Å². The van der Waals surface area contributed by atoms with Gasteiger partial charge in [-0.3, -0.25) is 9.59 Å². The van der Waals surface area contributed by atoms with E-state index in [-0.39, 0.29) is 29.5 Å². The number of hydrogen-bond donors (Lipinski definition) is 2. The zero-order chi connectivity index (χ0) is 18.4. The van der Waals surface area contributed by atoms with Gasteiger partial charge in [-0.1, -0.05) is 19.1 Å². The Balaban J connectivity index is 1.96. The van der Waals surface area contributed by atoms with E-state index in [0.29, 0.717) is 12.8 Å². The minimum absolute atomic E-state index is 0.116. The van der Waals surface area contributed by atoms with Crippen LogP contribution in [0.5, 0.6) is 5.75 Å². The van der Waals surface area contributed by atoms with Crippen LogP contribution in [0.2, 0.25) is 0 Å². The van der Waals surface area contributed by atoms with Crippen LogP contribution in [0.3, 0.4) is 0 Å². The molecule has 1 aliphatic rings. The molecule has 0 heterocycles. The Labute approximate surface area is 143 Å². The monoisotopic (exact) mass is 356 g/mol. The van der Waals surface area contributed by atoms with Gasteiger partial charge in [0.05, 0.1) is 0 Å². The summed E-state index contributed by atoms with van der Waals surface area (Å²) in [5.41, 5.74) is 0.226. The van der Waals surface area contributed by atoms with Gasteiger partial charge in [-0.05, 0) is 37.5 Å². The van der Waals surface area contributed by atoms with Gasteiger partial charge in [-0.2, -0.15) is 0 Å². The molecule has 1 aromatic rings. The Kier molecular flexibility index (Phi) is 6.06. The molecule has 2 amide bonds. The lowest BCUT2D eigenvalue weighted by molar-refractivity contribution is -0.274. The van der Waals surface area contributed by atoms with Crippen molar-refractivity contribution in [1.29, 1.82) is 0 Å². The number of alkyl halides is 3. The lowest BCUT2D eigenvalue weighted by Gasteiger charge is -2.28. The Morgan fingerprint density at radius 1 is 1.28 bits per heavy atom. The van der Waals surface area contributed by atoms with Crippen LogP contribution in [-0.4, -0.2) is 24.2 Å². The van der Waals surface area contributed by atoms with Crippen LogP contribution >= 0.6 is 0 Å². The molecule has 0 bridgehead atoms. The van der Waals surface area contributed by atoms with Gasteiger partial charge in [0.1, 0.15) is 5.75 Å². The van der Waals surface area contributed by atoms with Crippen LogP contribution in [0.15, 0.2) is 36.9 Å². The van der Waals surface area contributed by atoms with Crippen molar-refractivity contribution in [3.63, 3.8) is 0 Å². The summed E-state index contributed by atoms with van der Waals surface area (Å²) in [6.45, 7) is 3.39. The van der Waals surface area contributed by atoms with E-state index >= 15 is 0 Å². The third-order valence-corrected chi connectivity index (χ3v) is 3.91. The third kappa shape index (κ3) is 6.13. The highest BCUT2D eigenvalue weighted by Crippen LogP contribution is 2.28. The van der Waals surface area contributed by atoms with Crippen molar-refractivity contribution in [1.82, 2.24) is 5.32 Å². The first kappa shape index (κ1) is 18.8. The van der Waals surface area contributed by atoms with Gasteiger partial charge in [0.2, 0.25) is 11.8 Å². The van der Waals surface area contributed by atoms with Crippen molar-refractivity contribution in [3.05, 3.63) is 36.9 Å². The fourth-order valence-electron chi connectivity index (χ4n) is 2.83. The summed E-state index contributed by atoms with van der Waals surface area (Å²) in [6, 6.07) is 5.01. The standard InChI is InChI=1S/C17H19F3N2O3/c1-2-15(23)21-12-6-3-5-11(9-12)16(24)22-13-7-4-8-14(10-13)25-17(18,19)20/h2,4,7-8,10-12H,1,3,5-6,9H2,(H,21,23)(H,22,24)/t11-,12+/m0/s1. The number of rotatable bonds is 5. The first-order chi connectivity index (χ1) is 11.8. The van der Waals surface area contributed by atoms with E-state index in [2.05, 4.69) is 21.9 Å². The highest BCUT2D eigenvalue weighted by Gasteiger charge is 2.31. The van der Waals surface area contributed by atoms with Gasteiger partial charge >= 0.3 is 6.36 Å². The number of halogens is 3. The maximum Gasteiger partial charge on any atom is 0.573 e. The smallest absolute Gasteiger partial charge is 0.406 e. The summed E-state index contributed by atoms with van der Waals surface area (Å²) in [4.78, 5) is 23.7. The molecule has 1 saturated carbocycles. The maximum atomic E-state index is 12.4. The summed E-state index contributed by atoms with van der Waals surface area (Å²) < 4.78 is 40.6. The van der Waals surface area contributed by atoms with Crippen LogP contribution in [0, 0.1) is 5.92 Å². The van der Waals surface area contributed by atoms with Gasteiger partial charge in [-0.25, -0.2) is 0 Å². The lowest BCUT2D eigenvalue weighted by Crippen LogP contribution is -2.40. The second-order valence-electron chi connectivity index (χ2n) is 5.84. The summed E-state index contributed by atoms with van der Waals surface area (Å²) in [5.74, 6) is -1.30. The van der Waals surface area contributed by atoms with Crippen LogP contribution in [0.4, 0.5) is 18.9 Å². The first-order valence-corrected chi connectivity index (χ1v) is 7.86. The molecular formula is C17H19F3N2O3. The number of anilines is 1. The van der Waals surface area contributed by atoms with E-state index in [0.717, 1.165) is 25.0 Å². The average Bonchev–Trinajstić information content (AvgIpc) is 2.53. The fraction of sp³-hybridized carbons (Fsp3) is 0.412. The van der Waals surface area contributed by atoms with E-state index in [1.807, 2.05) is 0 Å². The van der Waals surface area contributed by atoms with Crippen LogP contribution in [0.1, 0.15) is 25.7 Å². The number of carbonyl (C=O) groups excluding carboxylic acids is 2. The summed E-state index contributed by atoms with van der Waals surface area (Å²) in [7, 11) is 0. The van der Waals surface area contributed by atoms with Gasteiger partial charge < -0.3 is 15.4 Å². The second kappa shape index (κ2) is 8.04. The Bertz CT molecular complexity index is 646. The normalized spacial score (nSPS) is 20.4. The van der Waals surface area contributed by atoms with Crippen molar-refractivity contribution >= 4 is 17.5 Å². The number of benzene rings is 1. The molecule has 0 aliphatic heterocycles. The molecule has 0 unspecified atom stereocenters. The van der Waals surface area contributed by atoms with Gasteiger partial charge in [-0.15, -0.1) is 13.2 Å². The molecule has 0 saturated heterocycles. The fourth-order valence-corrected chi connectivity index (χ4v) is 2.83. The molecule has 2 rings (SSSR count).